The molecule has 1 N–H and O–H groups in total. The third-order valence-corrected chi connectivity index (χ3v) is 3.68. The summed E-state index contributed by atoms with van der Waals surface area (Å²) in [5.74, 6) is 0. The molecule has 0 aromatic carbocycles. The molecule has 90 valence electrons. The van der Waals surface area contributed by atoms with E-state index in [1.165, 1.54) is 12.8 Å². The third kappa shape index (κ3) is 3.50. The van der Waals surface area contributed by atoms with Crippen LogP contribution < -0.4 is 5.32 Å². The van der Waals surface area contributed by atoms with E-state index < -0.39 is 0 Å². The van der Waals surface area contributed by atoms with E-state index in [-0.39, 0.29) is 5.60 Å². The number of nitrogens with one attached hydrogen (secondary N) is 1. The molecule has 0 aliphatic heterocycles. The molecule has 5 heteroatoms. The number of rotatable bonds is 6. The van der Waals surface area contributed by atoms with Gasteiger partial charge in [-0.2, -0.15) is 0 Å². The Bertz CT molecular complexity index is 347. The standard InChI is InChI=1S/C11H19N3OS/c1-11(2,15-3)6-9-13-14-10(16-9)7-12-8-4-5-8/h8,12H,4-7H2,1-3H3. The maximum atomic E-state index is 5.38. The van der Waals surface area contributed by atoms with Gasteiger partial charge in [0.25, 0.3) is 0 Å². The molecule has 1 heterocycles. The highest BCUT2D eigenvalue weighted by Crippen LogP contribution is 2.21. The second kappa shape index (κ2) is 4.77. The number of hydrogen-bond donors (Lipinski definition) is 1. The topological polar surface area (TPSA) is 47.0 Å². The molecule has 4 nitrogen and oxygen atoms in total. The molecule has 1 aliphatic rings. The van der Waals surface area contributed by atoms with Crippen molar-refractivity contribution in [1.29, 1.82) is 0 Å². The molecule has 1 aromatic rings. The van der Waals surface area contributed by atoms with Crippen molar-refractivity contribution in [2.24, 2.45) is 0 Å². The molecule has 0 unspecified atom stereocenters. The largest absolute Gasteiger partial charge is 0.378 e. The van der Waals surface area contributed by atoms with Crippen LogP contribution in [0.3, 0.4) is 0 Å². The van der Waals surface area contributed by atoms with Gasteiger partial charge in [0.15, 0.2) is 0 Å². The SMILES string of the molecule is COC(C)(C)Cc1nnc(CNC2CC2)s1. The lowest BCUT2D eigenvalue weighted by Gasteiger charge is -2.20. The summed E-state index contributed by atoms with van der Waals surface area (Å²) in [5.41, 5.74) is -0.152. The van der Waals surface area contributed by atoms with Gasteiger partial charge in [0.1, 0.15) is 10.0 Å². The van der Waals surface area contributed by atoms with E-state index in [0.29, 0.717) is 0 Å². The smallest absolute Gasteiger partial charge is 0.131 e. The fourth-order valence-electron chi connectivity index (χ4n) is 1.39. The van der Waals surface area contributed by atoms with Crippen LogP contribution in [0.25, 0.3) is 0 Å². The van der Waals surface area contributed by atoms with Gasteiger partial charge in [-0.05, 0) is 26.7 Å². The molecule has 1 saturated carbocycles. The van der Waals surface area contributed by atoms with E-state index in [1.54, 1.807) is 18.4 Å². The van der Waals surface area contributed by atoms with Gasteiger partial charge in [-0.15, -0.1) is 21.5 Å². The van der Waals surface area contributed by atoms with Gasteiger partial charge >= 0.3 is 0 Å². The molecule has 0 saturated heterocycles. The van der Waals surface area contributed by atoms with Crippen LogP contribution in [-0.2, 0) is 17.7 Å². The molecule has 1 fully saturated rings. The first-order valence-electron chi connectivity index (χ1n) is 5.69. The van der Waals surface area contributed by atoms with Crippen molar-refractivity contribution >= 4 is 11.3 Å². The zero-order valence-corrected chi connectivity index (χ0v) is 10.9. The summed E-state index contributed by atoms with van der Waals surface area (Å²) < 4.78 is 5.38. The van der Waals surface area contributed by atoms with Crippen LogP contribution in [0, 0.1) is 0 Å². The summed E-state index contributed by atoms with van der Waals surface area (Å²) in [6.07, 6.45) is 3.44. The minimum atomic E-state index is -0.152. The molecule has 16 heavy (non-hydrogen) atoms. The van der Waals surface area contributed by atoms with Crippen molar-refractivity contribution in [3.8, 4) is 0 Å². The Balaban J connectivity index is 1.85. The van der Waals surface area contributed by atoms with Crippen molar-refractivity contribution < 1.29 is 4.74 Å². The molecular formula is C11H19N3OS. The van der Waals surface area contributed by atoms with Gasteiger partial charge in [0.2, 0.25) is 0 Å². The minimum Gasteiger partial charge on any atom is -0.378 e. The number of methoxy groups -OCH3 is 1. The van der Waals surface area contributed by atoms with E-state index in [2.05, 4.69) is 29.4 Å². The van der Waals surface area contributed by atoms with Gasteiger partial charge < -0.3 is 10.1 Å². The molecular weight excluding hydrogens is 222 g/mol. The monoisotopic (exact) mass is 241 g/mol. The van der Waals surface area contributed by atoms with Crippen LogP contribution in [-0.4, -0.2) is 29.0 Å². The second-order valence-corrected chi connectivity index (χ2v) is 6.03. The summed E-state index contributed by atoms with van der Waals surface area (Å²) in [4.78, 5) is 0. The third-order valence-electron chi connectivity index (χ3n) is 2.76. The lowest BCUT2D eigenvalue weighted by atomic mass is 10.1. The van der Waals surface area contributed by atoms with Gasteiger partial charge in [-0.25, -0.2) is 0 Å². The fourth-order valence-corrected chi connectivity index (χ4v) is 2.40. The van der Waals surface area contributed by atoms with Crippen molar-refractivity contribution in [3.05, 3.63) is 10.0 Å². The lowest BCUT2D eigenvalue weighted by Crippen LogP contribution is -2.25. The number of ether oxygens (including phenoxy) is 1. The first-order chi connectivity index (χ1) is 7.59. The average molecular weight is 241 g/mol. The van der Waals surface area contributed by atoms with E-state index >= 15 is 0 Å². The molecule has 1 aromatic heterocycles. The Morgan fingerprint density at radius 2 is 2.06 bits per heavy atom. The molecule has 0 radical (unpaired) electrons. The van der Waals surface area contributed by atoms with Gasteiger partial charge in [-0.1, -0.05) is 0 Å². The zero-order valence-electron chi connectivity index (χ0n) is 10.1. The van der Waals surface area contributed by atoms with Crippen molar-refractivity contribution in [2.75, 3.05) is 7.11 Å². The Kier molecular flexibility index (Phi) is 3.56. The molecule has 0 atom stereocenters. The average Bonchev–Trinajstić information content (AvgIpc) is 2.97. The predicted molar refractivity (Wildman–Crippen MR) is 64.6 cm³/mol. The van der Waals surface area contributed by atoms with E-state index in [0.717, 1.165) is 29.0 Å². The maximum Gasteiger partial charge on any atom is 0.131 e. The molecule has 0 bridgehead atoms. The van der Waals surface area contributed by atoms with Crippen molar-refractivity contribution in [2.45, 2.75) is 51.3 Å². The highest BCUT2D eigenvalue weighted by Gasteiger charge is 2.22. The summed E-state index contributed by atoms with van der Waals surface area (Å²) in [6.45, 7) is 4.99. The normalized spacial score (nSPS) is 16.7. The number of nitrogens with zero attached hydrogens (tertiary/aromatic N) is 2. The summed E-state index contributed by atoms with van der Waals surface area (Å²) in [5, 5.41) is 14.0. The van der Waals surface area contributed by atoms with E-state index in [4.69, 9.17) is 4.74 Å². The number of aromatic nitrogens is 2. The molecule has 2 rings (SSSR count). The Hall–Kier alpha value is -0.520. The first-order valence-corrected chi connectivity index (χ1v) is 6.50. The van der Waals surface area contributed by atoms with Crippen molar-refractivity contribution in [1.82, 2.24) is 15.5 Å². The van der Waals surface area contributed by atoms with E-state index in [9.17, 15) is 0 Å². The highest BCUT2D eigenvalue weighted by molar-refractivity contribution is 7.11. The van der Waals surface area contributed by atoms with Gasteiger partial charge in [0.05, 0.1) is 5.60 Å². The summed E-state index contributed by atoms with van der Waals surface area (Å²) in [7, 11) is 1.73. The van der Waals surface area contributed by atoms with Crippen LogP contribution in [0.2, 0.25) is 0 Å². The number of hydrogen-bond acceptors (Lipinski definition) is 5. The zero-order chi connectivity index (χ0) is 11.6. The van der Waals surface area contributed by atoms with Crippen LogP contribution in [0.1, 0.15) is 36.7 Å². The van der Waals surface area contributed by atoms with Gasteiger partial charge in [0, 0.05) is 26.1 Å². The molecule has 1 aliphatic carbocycles. The Labute approximate surface area is 100 Å². The van der Waals surface area contributed by atoms with Crippen LogP contribution in [0.15, 0.2) is 0 Å². The fraction of sp³-hybridized carbons (Fsp3) is 0.818. The van der Waals surface area contributed by atoms with Crippen molar-refractivity contribution in [3.63, 3.8) is 0 Å². The second-order valence-electron chi connectivity index (χ2n) is 4.89. The van der Waals surface area contributed by atoms with Crippen LogP contribution in [0.5, 0.6) is 0 Å². The highest BCUT2D eigenvalue weighted by atomic mass is 32.1. The van der Waals surface area contributed by atoms with Crippen LogP contribution >= 0.6 is 11.3 Å². The minimum absolute atomic E-state index is 0.152. The molecule has 0 spiro atoms. The predicted octanol–water partition coefficient (Wildman–Crippen LogP) is 1.76. The first kappa shape index (κ1) is 12.0. The maximum absolute atomic E-state index is 5.38. The summed E-state index contributed by atoms with van der Waals surface area (Å²) in [6, 6.07) is 0.725. The molecule has 0 amide bonds. The Morgan fingerprint density at radius 1 is 1.38 bits per heavy atom. The lowest BCUT2D eigenvalue weighted by molar-refractivity contribution is 0.0230. The summed E-state index contributed by atoms with van der Waals surface area (Å²) >= 11 is 1.68. The Morgan fingerprint density at radius 3 is 2.69 bits per heavy atom. The van der Waals surface area contributed by atoms with E-state index in [1.807, 2.05) is 0 Å². The van der Waals surface area contributed by atoms with Gasteiger partial charge in [-0.3, -0.25) is 0 Å². The van der Waals surface area contributed by atoms with Crippen LogP contribution in [0.4, 0.5) is 0 Å². The quantitative estimate of drug-likeness (QED) is 0.824.